The highest BCUT2D eigenvalue weighted by Gasteiger charge is 2.24. The minimum Gasteiger partial charge on any atom is -0.252 e. The van der Waals surface area contributed by atoms with E-state index in [4.69, 9.17) is 19.9 Å². The molecule has 0 fully saturated rings. The minimum absolute atomic E-state index is 0.823. The Balaban J connectivity index is 0.981. The van der Waals surface area contributed by atoms with Crippen molar-refractivity contribution in [1.82, 2.24) is 19.9 Å². The average Bonchev–Trinajstić information content (AvgIpc) is 1.12. The van der Waals surface area contributed by atoms with Gasteiger partial charge in [0.25, 0.3) is 0 Å². The summed E-state index contributed by atoms with van der Waals surface area (Å²) in [6, 6.07) is 107. The van der Waals surface area contributed by atoms with E-state index in [-0.39, 0.29) is 0 Å². The molecule has 4 nitrogen and oxygen atoms in total. The Morgan fingerprint density at radius 3 is 0.917 bits per heavy atom. The van der Waals surface area contributed by atoms with Crippen LogP contribution in [-0.2, 0) is 0 Å². The van der Waals surface area contributed by atoms with Crippen LogP contribution in [0.3, 0.4) is 0 Å². The first kappa shape index (κ1) is 48.7. The highest BCUT2D eigenvalue weighted by molar-refractivity contribution is 6.24. The molecule has 16 aromatic rings. The molecule has 16 rings (SSSR count). The normalized spacial score (nSPS) is 11.6. The average molecular weight is 1070 g/mol. The van der Waals surface area contributed by atoms with Gasteiger partial charge in [-0.05, 0) is 129 Å². The lowest BCUT2D eigenvalue weighted by atomic mass is 9.83. The third-order valence-corrected chi connectivity index (χ3v) is 16.7. The lowest BCUT2D eigenvalue weighted by Gasteiger charge is -2.20. The van der Waals surface area contributed by atoms with Crippen molar-refractivity contribution in [3.63, 3.8) is 0 Å². The maximum atomic E-state index is 5.87. The summed E-state index contributed by atoms with van der Waals surface area (Å²) in [5.41, 5.74) is 22.4. The molecule has 4 heteroatoms. The molecule has 0 atom stereocenters. The van der Waals surface area contributed by atoms with E-state index >= 15 is 0 Å². The second kappa shape index (κ2) is 20.4. The Labute approximate surface area is 486 Å². The van der Waals surface area contributed by atoms with Gasteiger partial charge >= 0.3 is 0 Å². The molecule has 84 heavy (non-hydrogen) atoms. The molecule has 14 aromatic carbocycles. The summed E-state index contributed by atoms with van der Waals surface area (Å²) in [6.45, 7) is 0. The molecule has 0 amide bonds. The quantitative estimate of drug-likeness (QED) is 0.135. The van der Waals surface area contributed by atoms with E-state index in [2.05, 4.69) is 273 Å². The summed E-state index contributed by atoms with van der Waals surface area (Å²) in [4.78, 5) is 21.7. The molecule has 0 aliphatic carbocycles. The Bertz CT molecular complexity index is 5210. The number of benzene rings is 14. The van der Waals surface area contributed by atoms with Crippen molar-refractivity contribution < 1.29 is 0 Å². The fraction of sp³-hybridized carbons (Fsp3) is 0. The van der Waals surface area contributed by atoms with Crippen molar-refractivity contribution in [2.45, 2.75) is 0 Å². The van der Waals surface area contributed by atoms with E-state index in [9.17, 15) is 0 Å². The molecular formula is C80H50N4. The first-order valence-electron chi connectivity index (χ1n) is 28.6. The molecule has 390 valence electrons. The number of hydrogen-bond donors (Lipinski definition) is 0. The largest absolute Gasteiger partial charge is 0.252 e. The summed E-state index contributed by atoms with van der Waals surface area (Å²) in [7, 11) is 0. The van der Waals surface area contributed by atoms with E-state index in [1.165, 1.54) is 43.8 Å². The lowest BCUT2D eigenvalue weighted by Crippen LogP contribution is -1.99. The van der Waals surface area contributed by atoms with E-state index in [0.717, 1.165) is 122 Å². The Morgan fingerprint density at radius 1 is 0.202 bits per heavy atom. The van der Waals surface area contributed by atoms with Crippen LogP contribution in [0.4, 0.5) is 0 Å². The summed E-state index contributed by atoms with van der Waals surface area (Å²) < 4.78 is 0. The number of para-hydroxylation sites is 2. The first-order valence-corrected chi connectivity index (χ1v) is 28.6. The highest BCUT2D eigenvalue weighted by atomic mass is 14.8. The zero-order valence-corrected chi connectivity index (χ0v) is 45.7. The van der Waals surface area contributed by atoms with Crippen LogP contribution < -0.4 is 0 Å². The first-order chi connectivity index (χ1) is 41.7. The van der Waals surface area contributed by atoms with E-state index in [1.807, 2.05) is 30.5 Å². The highest BCUT2D eigenvalue weighted by Crippen LogP contribution is 2.49. The molecule has 2 aromatic heterocycles. The number of fused-ring (bicyclic) bond motifs is 6. The van der Waals surface area contributed by atoms with Crippen LogP contribution in [0.1, 0.15) is 0 Å². The lowest BCUT2D eigenvalue weighted by molar-refractivity contribution is 1.29. The SMILES string of the molecule is c1ccc(-c2nc3c(-c4ccc5c(-c6ccccc6)c6ccccc6c(-c6ccccc6)c5c4)ccc(-c4ccc5c(-c6ccccc6)c6cc(-c7cnc8ccccc8n7)ccc6c(-c6ccccc6)c5c4)c3nc2-c2ccccc2)cc1. The molecule has 0 aliphatic rings. The number of hydrogen-bond acceptors (Lipinski definition) is 4. The number of nitrogens with zero attached hydrogens (tertiary/aromatic N) is 4. The van der Waals surface area contributed by atoms with Crippen molar-refractivity contribution >= 4 is 65.2 Å². The van der Waals surface area contributed by atoms with E-state index in [1.54, 1.807) is 0 Å². The van der Waals surface area contributed by atoms with Gasteiger partial charge in [0.05, 0.1) is 45.3 Å². The van der Waals surface area contributed by atoms with Crippen LogP contribution in [0.25, 0.3) is 166 Å². The van der Waals surface area contributed by atoms with Crippen molar-refractivity contribution in [2.75, 3.05) is 0 Å². The Hall–Kier alpha value is -11.2. The van der Waals surface area contributed by atoms with Crippen molar-refractivity contribution in [3.05, 3.63) is 303 Å². The van der Waals surface area contributed by atoms with Crippen LogP contribution in [0.15, 0.2) is 303 Å². The van der Waals surface area contributed by atoms with Crippen LogP contribution in [0, 0.1) is 0 Å². The fourth-order valence-electron chi connectivity index (χ4n) is 12.9. The van der Waals surface area contributed by atoms with Gasteiger partial charge in [-0.2, -0.15) is 0 Å². The van der Waals surface area contributed by atoms with Crippen LogP contribution in [-0.4, -0.2) is 19.9 Å². The topological polar surface area (TPSA) is 51.6 Å². The molecule has 0 spiro atoms. The Morgan fingerprint density at radius 2 is 0.512 bits per heavy atom. The van der Waals surface area contributed by atoms with Crippen molar-refractivity contribution in [2.24, 2.45) is 0 Å². The Kier molecular flexibility index (Phi) is 11.8. The van der Waals surface area contributed by atoms with Gasteiger partial charge in [-0.25, -0.2) is 15.0 Å². The van der Waals surface area contributed by atoms with Crippen molar-refractivity contribution in [1.29, 1.82) is 0 Å². The van der Waals surface area contributed by atoms with Crippen molar-refractivity contribution in [3.8, 4) is 101 Å². The maximum Gasteiger partial charge on any atom is 0.0979 e. The van der Waals surface area contributed by atoms with Crippen LogP contribution in [0.5, 0.6) is 0 Å². The predicted octanol–water partition coefficient (Wildman–Crippen LogP) is 21.2. The molecule has 0 aliphatic heterocycles. The second-order valence-electron chi connectivity index (χ2n) is 21.5. The zero-order chi connectivity index (χ0) is 55.5. The van der Waals surface area contributed by atoms with Gasteiger partial charge in [0, 0.05) is 27.8 Å². The third kappa shape index (κ3) is 8.30. The molecular weight excluding hydrogens is 1020 g/mol. The monoisotopic (exact) mass is 1070 g/mol. The van der Waals surface area contributed by atoms with Gasteiger partial charge in [-0.3, -0.25) is 4.98 Å². The zero-order valence-electron chi connectivity index (χ0n) is 45.7. The van der Waals surface area contributed by atoms with Crippen LogP contribution >= 0.6 is 0 Å². The fourth-order valence-corrected chi connectivity index (χ4v) is 12.9. The molecule has 0 saturated carbocycles. The van der Waals surface area contributed by atoms with Crippen LogP contribution in [0.2, 0.25) is 0 Å². The summed E-state index contributed by atoms with van der Waals surface area (Å²) in [6.07, 6.45) is 1.90. The van der Waals surface area contributed by atoms with Gasteiger partial charge in [0.1, 0.15) is 0 Å². The molecule has 0 unspecified atom stereocenters. The minimum atomic E-state index is 0.823. The molecule has 0 N–H and O–H groups in total. The maximum absolute atomic E-state index is 5.87. The predicted molar refractivity (Wildman–Crippen MR) is 352 cm³/mol. The third-order valence-electron chi connectivity index (χ3n) is 16.7. The van der Waals surface area contributed by atoms with Gasteiger partial charge in [-0.1, -0.05) is 267 Å². The second-order valence-corrected chi connectivity index (χ2v) is 21.5. The van der Waals surface area contributed by atoms with Gasteiger partial charge in [0.2, 0.25) is 0 Å². The molecule has 2 heterocycles. The van der Waals surface area contributed by atoms with E-state index in [0.29, 0.717) is 0 Å². The van der Waals surface area contributed by atoms with Gasteiger partial charge < -0.3 is 0 Å². The smallest absolute Gasteiger partial charge is 0.0979 e. The molecule has 0 radical (unpaired) electrons. The van der Waals surface area contributed by atoms with Gasteiger partial charge in [0.15, 0.2) is 0 Å². The van der Waals surface area contributed by atoms with E-state index < -0.39 is 0 Å². The number of aromatic nitrogens is 4. The molecule has 0 saturated heterocycles. The summed E-state index contributed by atoms with van der Waals surface area (Å²) >= 11 is 0. The number of rotatable bonds is 9. The standard InChI is InChI=1S/C80H50N4/c1-7-23-51(24-8-1)73-62-35-19-20-36-63(62)74(52-25-9-2-10-26-52)67-47-57(39-42-64(67)73)60-45-46-61(80-79(60)83-77(55-31-15-5-16-32-55)78(84-80)56-33-17-6-18-34-56)58-40-43-65-68(48-58)75(53-27-11-3-12-28-53)66-44-41-59(49-69(66)76(65)54-29-13-4-14-30-54)72-50-81-70-37-21-22-38-71(70)82-72/h1-50H. The summed E-state index contributed by atoms with van der Waals surface area (Å²) in [5, 5.41) is 9.38. The molecule has 0 bridgehead atoms. The summed E-state index contributed by atoms with van der Waals surface area (Å²) in [5.74, 6) is 0. The van der Waals surface area contributed by atoms with Gasteiger partial charge in [-0.15, -0.1) is 0 Å².